The number of hydrogen-bond acceptors (Lipinski definition) is 2. The maximum atomic E-state index is 12.9. The van der Waals surface area contributed by atoms with Gasteiger partial charge in [0, 0.05) is 6.54 Å². The lowest BCUT2D eigenvalue weighted by Gasteiger charge is -2.38. The zero-order valence-electron chi connectivity index (χ0n) is 15.9. The maximum absolute atomic E-state index is 12.9. The van der Waals surface area contributed by atoms with Crippen LogP contribution in [0.25, 0.3) is 0 Å². The highest BCUT2D eigenvalue weighted by Crippen LogP contribution is 2.41. The monoisotopic (exact) mass is 331 g/mol. The number of likely N-dealkylation sites (tertiary alicyclic amines) is 1. The molecule has 3 heteroatoms. The fraction of sp³-hybridized carbons (Fsp3) is 0.667. The number of nitrogens with zero attached hydrogens (tertiary/aromatic N) is 1. The second-order valence-corrected chi connectivity index (χ2v) is 8.07. The predicted molar refractivity (Wildman–Crippen MR) is 98.9 cm³/mol. The van der Waals surface area contributed by atoms with Crippen molar-refractivity contribution in [1.82, 2.24) is 4.90 Å². The summed E-state index contributed by atoms with van der Waals surface area (Å²) in [4.78, 5) is 14.9. The second-order valence-electron chi connectivity index (χ2n) is 8.07. The number of benzene rings is 1. The van der Waals surface area contributed by atoms with Crippen LogP contribution in [-0.2, 0) is 4.74 Å². The summed E-state index contributed by atoms with van der Waals surface area (Å²) < 4.78 is 5.73. The number of amides is 1. The van der Waals surface area contributed by atoms with Crippen LogP contribution in [0.15, 0.2) is 30.3 Å². The zero-order chi connectivity index (χ0) is 17.7. The zero-order valence-corrected chi connectivity index (χ0v) is 15.9. The van der Waals surface area contributed by atoms with Gasteiger partial charge in [0.25, 0.3) is 0 Å². The third-order valence-electron chi connectivity index (χ3n) is 5.07. The topological polar surface area (TPSA) is 29.5 Å². The van der Waals surface area contributed by atoms with Crippen LogP contribution in [0, 0.1) is 11.8 Å². The van der Waals surface area contributed by atoms with Gasteiger partial charge < -0.3 is 9.64 Å². The van der Waals surface area contributed by atoms with Gasteiger partial charge in [0.05, 0.1) is 6.04 Å². The third-order valence-corrected chi connectivity index (χ3v) is 5.07. The quantitative estimate of drug-likeness (QED) is 0.699. The van der Waals surface area contributed by atoms with E-state index in [2.05, 4.69) is 38.1 Å². The minimum absolute atomic E-state index is 0.110. The van der Waals surface area contributed by atoms with Crippen molar-refractivity contribution in [1.29, 1.82) is 0 Å². The van der Waals surface area contributed by atoms with Gasteiger partial charge in [0.15, 0.2) is 0 Å². The van der Waals surface area contributed by atoms with Crippen molar-refractivity contribution in [3.05, 3.63) is 35.9 Å². The highest BCUT2D eigenvalue weighted by Gasteiger charge is 2.37. The van der Waals surface area contributed by atoms with Crippen LogP contribution in [0.2, 0.25) is 0 Å². The minimum Gasteiger partial charge on any atom is -0.444 e. The second kappa shape index (κ2) is 8.04. The van der Waals surface area contributed by atoms with Crippen LogP contribution in [-0.4, -0.2) is 23.1 Å². The molecular weight excluding hydrogens is 298 g/mol. The summed E-state index contributed by atoms with van der Waals surface area (Å²) in [7, 11) is 0. The van der Waals surface area contributed by atoms with Gasteiger partial charge in [-0.15, -0.1) is 0 Å². The molecule has 1 fully saturated rings. The van der Waals surface area contributed by atoms with E-state index in [1.807, 2.05) is 31.7 Å². The molecule has 0 spiro atoms. The van der Waals surface area contributed by atoms with Crippen molar-refractivity contribution in [2.75, 3.05) is 6.54 Å². The molecule has 1 heterocycles. The highest BCUT2D eigenvalue weighted by molar-refractivity contribution is 5.69. The molecule has 0 aliphatic carbocycles. The average Bonchev–Trinajstić information content (AvgIpc) is 2.76. The van der Waals surface area contributed by atoms with E-state index >= 15 is 0 Å². The van der Waals surface area contributed by atoms with Gasteiger partial charge in [-0.25, -0.2) is 4.79 Å². The van der Waals surface area contributed by atoms with Crippen molar-refractivity contribution in [3.63, 3.8) is 0 Å². The first-order valence-corrected chi connectivity index (χ1v) is 9.38. The fourth-order valence-corrected chi connectivity index (χ4v) is 3.69. The Hall–Kier alpha value is -1.51. The molecule has 0 aromatic heterocycles. The van der Waals surface area contributed by atoms with E-state index in [4.69, 9.17) is 4.74 Å². The number of hydrogen-bond donors (Lipinski definition) is 0. The van der Waals surface area contributed by atoms with Gasteiger partial charge in [-0.3, -0.25) is 0 Å². The maximum Gasteiger partial charge on any atom is 0.410 e. The molecule has 24 heavy (non-hydrogen) atoms. The third kappa shape index (κ3) is 4.75. The van der Waals surface area contributed by atoms with E-state index in [-0.39, 0.29) is 12.1 Å². The number of carbonyl (C=O) groups is 1. The standard InChI is InChI=1S/C21H33NO2/c1-6-16(2)18-14-10-11-15-22(20(23)24-21(3,4)5)19(18)17-12-8-7-9-13-17/h7-9,12-13,16,18-19H,6,10-11,14-15H2,1-5H3. The van der Waals surface area contributed by atoms with Crippen LogP contribution in [0.5, 0.6) is 0 Å². The number of rotatable bonds is 3. The summed E-state index contributed by atoms with van der Waals surface area (Å²) in [6.07, 6.45) is 4.36. The van der Waals surface area contributed by atoms with Crippen molar-refractivity contribution < 1.29 is 9.53 Å². The van der Waals surface area contributed by atoms with Crippen molar-refractivity contribution >= 4 is 6.09 Å². The first-order valence-electron chi connectivity index (χ1n) is 9.38. The van der Waals surface area contributed by atoms with E-state index in [1.165, 1.54) is 18.4 Å². The van der Waals surface area contributed by atoms with Crippen LogP contribution in [0.1, 0.15) is 71.9 Å². The molecule has 1 aromatic rings. The van der Waals surface area contributed by atoms with E-state index in [0.717, 1.165) is 19.4 Å². The first-order chi connectivity index (χ1) is 11.3. The van der Waals surface area contributed by atoms with Crippen LogP contribution in [0.3, 0.4) is 0 Å². The van der Waals surface area contributed by atoms with Gasteiger partial charge in [-0.2, -0.15) is 0 Å². The molecule has 3 atom stereocenters. The van der Waals surface area contributed by atoms with Crippen molar-refractivity contribution in [2.24, 2.45) is 11.8 Å². The largest absolute Gasteiger partial charge is 0.444 e. The molecule has 134 valence electrons. The minimum atomic E-state index is -0.462. The van der Waals surface area contributed by atoms with Gasteiger partial charge in [-0.1, -0.05) is 57.0 Å². The van der Waals surface area contributed by atoms with Gasteiger partial charge in [-0.05, 0) is 51.0 Å². The molecule has 3 nitrogen and oxygen atoms in total. The lowest BCUT2D eigenvalue weighted by molar-refractivity contribution is 0.00770. The Morgan fingerprint density at radius 2 is 1.92 bits per heavy atom. The molecule has 2 rings (SSSR count). The molecule has 0 radical (unpaired) electrons. The summed E-state index contributed by atoms with van der Waals surface area (Å²) in [6, 6.07) is 10.6. The Morgan fingerprint density at radius 1 is 1.25 bits per heavy atom. The van der Waals surface area contributed by atoms with Crippen molar-refractivity contribution in [3.8, 4) is 0 Å². The van der Waals surface area contributed by atoms with Crippen LogP contribution in [0.4, 0.5) is 4.79 Å². The Bertz CT molecular complexity index is 520. The van der Waals surface area contributed by atoms with E-state index in [1.54, 1.807) is 0 Å². The summed E-state index contributed by atoms with van der Waals surface area (Å²) in [5, 5.41) is 0. The van der Waals surface area contributed by atoms with E-state index < -0.39 is 5.60 Å². The molecule has 0 bridgehead atoms. The SMILES string of the molecule is CCC(C)C1CCCCN(C(=O)OC(C)(C)C)C1c1ccccc1. The Labute approximate surface area is 147 Å². The molecule has 1 aromatic carbocycles. The van der Waals surface area contributed by atoms with Gasteiger partial charge >= 0.3 is 6.09 Å². The summed E-state index contributed by atoms with van der Waals surface area (Å²) in [5.74, 6) is 1.06. The molecule has 1 aliphatic heterocycles. The molecule has 0 N–H and O–H groups in total. The molecule has 0 saturated carbocycles. The van der Waals surface area contributed by atoms with Crippen molar-refractivity contribution in [2.45, 2.75) is 71.9 Å². The first kappa shape index (κ1) is 18.8. The molecule has 1 saturated heterocycles. The Morgan fingerprint density at radius 3 is 2.50 bits per heavy atom. The molecule has 1 aliphatic rings. The van der Waals surface area contributed by atoms with E-state index in [0.29, 0.717) is 11.8 Å². The van der Waals surface area contributed by atoms with E-state index in [9.17, 15) is 4.79 Å². The Kier molecular flexibility index (Phi) is 6.31. The molecular formula is C21H33NO2. The van der Waals surface area contributed by atoms with Gasteiger partial charge in [0.2, 0.25) is 0 Å². The normalized spacial score (nSPS) is 23.5. The lowest BCUT2D eigenvalue weighted by atomic mass is 9.79. The average molecular weight is 332 g/mol. The number of carbonyl (C=O) groups excluding carboxylic acids is 1. The summed E-state index contributed by atoms with van der Waals surface area (Å²) >= 11 is 0. The highest BCUT2D eigenvalue weighted by atomic mass is 16.6. The summed E-state index contributed by atoms with van der Waals surface area (Å²) in [6.45, 7) is 11.2. The van der Waals surface area contributed by atoms with Crippen LogP contribution < -0.4 is 0 Å². The van der Waals surface area contributed by atoms with Gasteiger partial charge in [0.1, 0.15) is 5.60 Å². The summed E-state index contributed by atoms with van der Waals surface area (Å²) in [5.41, 5.74) is 0.770. The smallest absolute Gasteiger partial charge is 0.410 e. The number of ether oxygens (including phenoxy) is 1. The predicted octanol–water partition coefficient (Wildman–Crippen LogP) is 5.81. The molecule has 1 amide bonds. The Balaban J connectivity index is 2.38. The van der Waals surface area contributed by atoms with Crippen LogP contribution >= 0.6 is 0 Å². The fourth-order valence-electron chi connectivity index (χ4n) is 3.69. The molecule has 3 unspecified atom stereocenters. The lowest BCUT2D eigenvalue weighted by Crippen LogP contribution is -2.42.